The lowest BCUT2D eigenvalue weighted by Crippen LogP contribution is -2.60. The van der Waals surface area contributed by atoms with Gasteiger partial charge in [0.1, 0.15) is 5.54 Å². The zero-order valence-corrected chi connectivity index (χ0v) is 13.8. The fourth-order valence-electron chi connectivity index (χ4n) is 3.45. The number of carbonyl (C=O) groups excluding carboxylic acids is 1. The minimum atomic E-state index is -0.813. The first kappa shape index (κ1) is 16.7. The lowest BCUT2D eigenvalue weighted by Gasteiger charge is -2.37. The molecule has 2 aliphatic rings. The molecular formula is C16H31N3O2. The molecule has 0 amide bonds. The largest absolute Gasteiger partial charge is 0.465 e. The molecule has 2 atom stereocenters. The highest BCUT2D eigenvalue weighted by molar-refractivity contribution is 5.82. The average molecular weight is 297 g/mol. The molecule has 0 spiro atoms. The van der Waals surface area contributed by atoms with Gasteiger partial charge in [-0.3, -0.25) is 4.90 Å². The van der Waals surface area contributed by atoms with Crippen molar-refractivity contribution in [1.82, 2.24) is 9.80 Å². The van der Waals surface area contributed by atoms with Crippen LogP contribution in [0.15, 0.2) is 0 Å². The number of likely N-dealkylation sites (N-methyl/N-ethyl adjacent to an activating group) is 1. The van der Waals surface area contributed by atoms with Crippen molar-refractivity contribution in [2.24, 2.45) is 11.7 Å². The molecule has 0 aromatic heterocycles. The van der Waals surface area contributed by atoms with Gasteiger partial charge in [0.2, 0.25) is 0 Å². The van der Waals surface area contributed by atoms with Crippen molar-refractivity contribution in [3.05, 3.63) is 0 Å². The molecule has 1 aliphatic carbocycles. The molecule has 0 radical (unpaired) electrons. The van der Waals surface area contributed by atoms with Crippen molar-refractivity contribution in [3.8, 4) is 0 Å². The third-order valence-corrected chi connectivity index (χ3v) is 4.92. The Kier molecular flexibility index (Phi) is 5.63. The molecule has 0 bridgehead atoms. The van der Waals surface area contributed by atoms with Crippen LogP contribution in [0.2, 0.25) is 0 Å². The van der Waals surface area contributed by atoms with Crippen molar-refractivity contribution < 1.29 is 9.53 Å². The van der Waals surface area contributed by atoms with Crippen molar-refractivity contribution in [1.29, 1.82) is 0 Å². The van der Waals surface area contributed by atoms with E-state index in [1.165, 1.54) is 0 Å². The lowest BCUT2D eigenvalue weighted by molar-refractivity contribution is -0.151. The second kappa shape index (κ2) is 7.07. The van der Waals surface area contributed by atoms with Gasteiger partial charge in [-0.2, -0.15) is 0 Å². The summed E-state index contributed by atoms with van der Waals surface area (Å²) in [6.07, 6.45) is 4.34. The SMILES string of the molecule is CCOC(=O)C(N)(CN1CCCN(C)CC1CC)C1CC1. The molecule has 1 heterocycles. The number of carbonyl (C=O) groups is 1. The minimum Gasteiger partial charge on any atom is -0.465 e. The quantitative estimate of drug-likeness (QED) is 0.743. The van der Waals surface area contributed by atoms with Crippen LogP contribution >= 0.6 is 0 Å². The number of hydrogen-bond donors (Lipinski definition) is 1. The molecule has 2 N–H and O–H groups in total. The van der Waals surface area contributed by atoms with E-state index in [4.69, 9.17) is 10.5 Å². The normalized spacial score (nSPS) is 27.9. The van der Waals surface area contributed by atoms with Crippen molar-refractivity contribution in [3.63, 3.8) is 0 Å². The Labute approximate surface area is 128 Å². The first-order valence-electron chi connectivity index (χ1n) is 8.40. The number of rotatable bonds is 6. The van der Waals surface area contributed by atoms with Gasteiger partial charge in [-0.15, -0.1) is 0 Å². The van der Waals surface area contributed by atoms with Gasteiger partial charge in [0, 0.05) is 19.1 Å². The maximum Gasteiger partial charge on any atom is 0.327 e. The number of hydrogen-bond acceptors (Lipinski definition) is 5. The molecule has 0 aromatic carbocycles. The van der Waals surface area contributed by atoms with Gasteiger partial charge in [-0.25, -0.2) is 4.79 Å². The maximum atomic E-state index is 12.4. The van der Waals surface area contributed by atoms with E-state index < -0.39 is 5.54 Å². The fourth-order valence-corrected chi connectivity index (χ4v) is 3.45. The summed E-state index contributed by atoms with van der Waals surface area (Å²) in [5, 5.41) is 0. The highest BCUT2D eigenvalue weighted by atomic mass is 16.5. The Morgan fingerprint density at radius 2 is 2.05 bits per heavy atom. The van der Waals surface area contributed by atoms with E-state index in [1.807, 2.05) is 6.92 Å². The van der Waals surface area contributed by atoms with Gasteiger partial charge < -0.3 is 15.4 Å². The lowest BCUT2D eigenvalue weighted by atomic mass is 9.92. The third-order valence-electron chi connectivity index (χ3n) is 4.92. The standard InChI is InChI=1S/C16H31N3O2/c1-4-14-11-18(3)9-6-10-19(14)12-16(17,13-7-8-13)15(20)21-5-2/h13-14H,4-12,17H2,1-3H3. The van der Waals surface area contributed by atoms with E-state index in [9.17, 15) is 4.79 Å². The Morgan fingerprint density at radius 3 is 2.62 bits per heavy atom. The zero-order chi connectivity index (χ0) is 15.5. The summed E-state index contributed by atoms with van der Waals surface area (Å²) in [6, 6.07) is 0.480. The summed E-state index contributed by atoms with van der Waals surface area (Å²) in [7, 11) is 2.17. The van der Waals surface area contributed by atoms with Gasteiger partial charge >= 0.3 is 5.97 Å². The van der Waals surface area contributed by atoms with Crippen molar-refractivity contribution in [2.45, 2.75) is 51.1 Å². The van der Waals surface area contributed by atoms with Gasteiger partial charge in [-0.05, 0) is 58.7 Å². The first-order chi connectivity index (χ1) is 10.0. The zero-order valence-electron chi connectivity index (χ0n) is 13.8. The second-order valence-corrected chi connectivity index (χ2v) is 6.68. The van der Waals surface area contributed by atoms with E-state index in [0.717, 1.165) is 45.3 Å². The number of esters is 1. The van der Waals surface area contributed by atoms with Crippen molar-refractivity contribution >= 4 is 5.97 Å². The van der Waals surface area contributed by atoms with Gasteiger partial charge in [-0.1, -0.05) is 6.92 Å². The summed E-state index contributed by atoms with van der Waals surface area (Å²) in [4.78, 5) is 17.2. The predicted octanol–water partition coefficient (Wildman–Crippen LogP) is 1.07. The van der Waals surface area contributed by atoms with E-state index in [-0.39, 0.29) is 5.97 Å². The molecule has 5 heteroatoms. The molecule has 0 aromatic rings. The molecule has 122 valence electrons. The fraction of sp³-hybridized carbons (Fsp3) is 0.938. The smallest absolute Gasteiger partial charge is 0.327 e. The Hall–Kier alpha value is -0.650. The van der Waals surface area contributed by atoms with Gasteiger partial charge in [0.15, 0.2) is 0 Å². The molecule has 5 nitrogen and oxygen atoms in total. The van der Waals surface area contributed by atoms with Crippen LogP contribution in [0.5, 0.6) is 0 Å². The molecule has 21 heavy (non-hydrogen) atoms. The Bertz CT molecular complexity index is 359. The summed E-state index contributed by atoms with van der Waals surface area (Å²) < 4.78 is 5.27. The predicted molar refractivity (Wildman–Crippen MR) is 84.0 cm³/mol. The topological polar surface area (TPSA) is 58.8 Å². The molecule has 2 fully saturated rings. The maximum absolute atomic E-state index is 12.4. The van der Waals surface area contributed by atoms with E-state index in [1.54, 1.807) is 0 Å². The average Bonchev–Trinajstić information content (AvgIpc) is 3.28. The second-order valence-electron chi connectivity index (χ2n) is 6.68. The third kappa shape index (κ3) is 3.96. The van der Waals surface area contributed by atoms with Crippen LogP contribution in [0.1, 0.15) is 39.5 Å². The molecule has 1 saturated heterocycles. The monoisotopic (exact) mass is 297 g/mol. The molecule has 2 unspecified atom stereocenters. The number of ether oxygens (including phenoxy) is 1. The summed E-state index contributed by atoms with van der Waals surface area (Å²) in [5.74, 6) is 0.0926. The van der Waals surface area contributed by atoms with Crippen LogP contribution in [-0.2, 0) is 9.53 Å². The van der Waals surface area contributed by atoms with E-state index >= 15 is 0 Å². The van der Waals surface area contributed by atoms with Crippen LogP contribution in [0.25, 0.3) is 0 Å². The van der Waals surface area contributed by atoms with E-state index in [2.05, 4.69) is 23.8 Å². The highest BCUT2D eigenvalue weighted by Gasteiger charge is 2.50. The Morgan fingerprint density at radius 1 is 1.33 bits per heavy atom. The van der Waals surface area contributed by atoms with Crippen LogP contribution in [0.4, 0.5) is 0 Å². The minimum absolute atomic E-state index is 0.208. The van der Waals surface area contributed by atoms with Crippen LogP contribution in [0, 0.1) is 5.92 Å². The molecular weight excluding hydrogens is 266 g/mol. The summed E-state index contributed by atoms with van der Waals surface area (Å²) in [6.45, 7) is 8.31. The number of nitrogens with two attached hydrogens (primary N) is 1. The number of nitrogens with zero attached hydrogens (tertiary/aromatic N) is 2. The summed E-state index contributed by atoms with van der Waals surface area (Å²) >= 11 is 0. The van der Waals surface area contributed by atoms with Crippen molar-refractivity contribution in [2.75, 3.05) is 39.8 Å². The molecule has 2 rings (SSSR count). The van der Waals surface area contributed by atoms with Crippen LogP contribution in [-0.4, -0.2) is 67.2 Å². The molecule has 1 aliphatic heterocycles. The van der Waals surface area contributed by atoms with Gasteiger partial charge in [0.05, 0.1) is 6.61 Å². The van der Waals surface area contributed by atoms with E-state index in [0.29, 0.717) is 25.1 Å². The first-order valence-corrected chi connectivity index (χ1v) is 8.40. The Balaban J connectivity index is 2.09. The highest BCUT2D eigenvalue weighted by Crippen LogP contribution is 2.40. The molecule has 1 saturated carbocycles. The van der Waals surface area contributed by atoms with Crippen LogP contribution in [0.3, 0.4) is 0 Å². The summed E-state index contributed by atoms with van der Waals surface area (Å²) in [5.41, 5.74) is 5.72. The van der Waals surface area contributed by atoms with Gasteiger partial charge in [0.25, 0.3) is 0 Å². The van der Waals surface area contributed by atoms with Crippen LogP contribution < -0.4 is 5.73 Å².